The summed E-state index contributed by atoms with van der Waals surface area (Å²) < 4.78 is 0. The van der Waals surface area contributed by atoms with Crippen molar-refractivity contribution < 1.29 is 4.79 Å². The minimum atomic E-state index is 0.327. The van der Waals surface area contributed by atoms with E-state index in [0.29, 0.717) is 17.4 Å². The molecule has 2 heteroatoms. The molecule has 1 saturated heterocycles. The average molecular weight is 247 g/mol. The van der Waals surface area contributed by atoms with Crippen LogP contribution in [0.25, 0.3) is 0 Å². The van der Waals surface area contributed by atoms with Crippen LogP contribution in [0.5, 0.6) is 0 Å². The van der Waals surface area contributed by atoms with Crippen LogP contribution >= 0.6 is 0 Å². The van der Waals surface area contributed by atoms with Crippen molar-refractivity contribution in [1.82, 2.24) is 4.90 Å². The minimum Gasteiger partial charge on any atom is -0.339 e. The van der Waals surface area contributed by atoms with Gasteiger partial charge in [0.05, 0.1) is 0 Å². The van der Waals surface area contributed by atoms with Gasteiger partial charge in [0.1, 0.15) is 0 Å². The lowest BCUT2D eigenvalue weighted by atomic mass is 9.47. The minimum absolute atomic E-state index is 0.327. The zero-order valence-electron chi connectivity index (χ0n) is 11.5. The van der Waals surface area contributed by atoms with Crippen LogP contribution in [0.3, 0.4) is 0 Å². The van der Waals surface area contributed by atoms with E-state index in [4.69, 9.17) is 0 Å². The largest absolute Gasteiger partial charge is 0.339 e. The molecular weight excluding hydrogens is 222 g/mol. The molecule has 1 aliphatic heterocycles. The third-order valence-corrected chi connectivity index (χ3v) is 6.45. The van der Waals surface area contributed by atoms with Gasteiger partial charge in [-0.25, -0.2) is 0 Å². The van der Waals surface area contributed by atoms with Gasteiger partial charge in [-0.2, -0.15) is 0 Å². The van der Waals surface area contributed by atoms with Crippen LogP contribution in [-0.4, -0.2) is 23.4 Å². The Labute approximate surface area is 110 Å². The van der Waals surface area contributed by atoms with E-state index < -0.39 is 0 Å². The highest BCUT2D eigenvalue weighted by molar-refractivity contribution is 5.74. The zero-order valence-corrected chi connectivity index (χ0v) is 11.5. The summed E-state index contributed by atoms with van der Waals surface area (Å²) >= 11 is 0. The summed E-state index contributed by atoms with van der Waals surface area (Å²) in [6.45, 7) is 2.81. The first-order valence-corrected chi connectivity index (χ1v) is 7.93. The third kappa shape index (κ3) is 1.50. The Morgan fingerprint density at radius 1 is 1.06 bits per heavy atom. The monoisotopic (exact) mass is 247 g/mol. The highest BCUT2D eigenvalue weighted by Crippen LogP contribution is 2.63. The molecule has 0 aromatic rings. The first-order valence-electron chi connectivity index (χ1n) is 7.93. The van der Waals surface area contributed by atoms with Gasteiger partial charge in [-0.1, -0.05) is 0 Å². The van der Waals surface area contributed by atoms with E-state index in [2.05, 4.69) is 4.90 Å². The molecule has 2 nitrogen and oxygen atoms in total. The Morgan fingerprint density at radius 2 is 1.61 bits per heavy atom. The number of nitrogens with zero attached hydrogens (tertiary/aromatic N) is 1. The molecule has 1 heterocycles. The van der Waals surface area contributed by atoms with E-state index >= 15 is 0 Å². The summed E-state index contributed by atoms with van der Waals surface area (Å²) in [6.07, 6.45) is 11.4. The number of likely N-dealkylation sites (tertiary alicyclic amines) is 1. The molecule has 100 valence electrons. The average Bonchev–Trinajstić information content (AvgIpc) is 2.76. The maximum atomic E-state index is 11.9. The molecule has 5 aliphatic rings. The molecule has 5 rings (SSSR count). The first-order chi connectivity index (χ1) is 8.66. The summed E-state index contributed by atoms with van der Waals surface area (Å²) in [5.74, 6) is 3.34. The zero-order chi connectivity index (χ0) is 12.3. The lowest BCUT2D eigenvalue weighted by Gasteiger charge is -2.60. The second-order valence-electron chi connectivity index (χ2n) is 7.65. The van der Waals surface area contributed by atoms with Gasteiger partial charge in [0.15, 0.2) is 0 Å². The molecule has 18 heavy (non-hydrogen) atoms. The van der Waals surface area contributed by atoms with E-state index in [0.717, 1.165) is 24.3 Å². The van der Waals surface area contributed by atoms with Gasteiger partial charge < -0.3 is 4.90 Å². The Morgan fingerprint density at radius 3 is 2.11 bits per heavy atom. The van der Waals surface area contributed by atoms with E-state index in [9.17, 15) is 4.79 Å². The van der Waals surface area contributed by atoms with Gasteiger partial charge in [0, 0.05) is 19.5 Å². The van der Waals surface area contributed by atoms with E-state index in [-0.39, 0.29) is 0 Å². The molecule has 0 N–H and O–H groups in total. The molecule has 0 radical (unpaired) electrons. The fourth-order valence-corrected chi connectivity index (χ4v) is 6.37. The Bertz CT molecular complexity index is 340. The van der Waals surface area contributed by atoms with Crippen LogP contribution in [0, 0.1) is 23.2 Å². The lowest BCUT2D eigenvalue weighted by Crippen LogP contribution is -2.55. The van der Waals surface area contributed by atoms with Gasteiger partial charge in [-0.15, -0.1) is 0 Å². The van der Waals surface area contributed by atoms with Crippen molar-refractivity contribution in [1.29, 1.82) is 0 Å². The Kier molecular flexibility index (Phi) is 2.35. The highest BCUT2D eigenvalue weighted by Gasteiger charge is 2.56. The van der Waals surface area contributed by atoms with Gasteiger partial charge in [-0.3, -0.25) is 4.79 Å². The van der Waals surface area contributed by atoms with Crippen molar-refractivity contribution >= 4 is 5.91 Å². The van der Waals surface area contributed by atoms with Crippen molar-refractivity contribution in [3.8, 4) is 0 Å². The Hall–Kier alpha value is -0.530. The lowest BCUT2D eigenvalue weighted by molar-refractivity contribution is -0.140. The van der Waals surface area contributed by atoms with Crippen LogP contribution in [-0.2, 0) is 4.79 Å². The van der Waals surface area contributed by atoms with Gasteiger partial charge in [0.2, 0.25) is 5.91 Å². The summed E-state index contributed by atoms with van der Waals surface area (Å²) in [5.41, 5.74) is 0.539. The number of hydrogen-bond acceptors (Lipinski definition) is 1. The second kappa shape index (κ2) is 3.74. The first kappa shape index (κ1) is 11.3. The topological polar surface area (TPSA) is 20.3 Å². The maximum absolute atomic E-state index is 11.9. The van der Waals surface area contributed by atoms with Crippen molar-refractivity contribution in [3.63, 3.8) is 0 Å². The fourth-order valence-electron chi connectivity index (χ4n) is 6.37. The molecule has 1 amide bonds. The van der Waals surface area contributed by atoms with Crippen LogP contribution in [0.15, 0.2) is 0 Å². The van der Waals surface area contributed by atoms with E-state index in [1.807, 2.05) is 0 Å². The van der Waals surface area contributed by atoms with Crippen molar-refractivity contribution in [2.24, 2.45) is 23.2 Å². The molecule has 0 spiro atoms. The number of hydrogen-bond donors (Lipinski definition) is 0. The van der Waals surface area contributed by atoms with Gasteiger partial charge >= 0.3 is 0 Å². The molecule has 0 aromatic heterocycles. The maximum Gasteiger partial charge on any atom is 0.219 e. The number of rotatable bonds is 1. The summed E-state index contributed by atoms with van der Waals surface area (Å²) in [5, 5.41) is 0. The molecule has 0 unspecified atom stereocenters. The van der Waals surface area contributed by atoms with E-state index in [1.54, 1.807) is 6.92 Å². The standard InChI is InChI=1S/C16H25NO/c1-11(18)17-4-2-3-15(17)16-8-12-5-13(9-16)7-14(6-12)10-16/h12-15H,2-10H2,1H3/t12?,13?,14?,15-,16?/m1/s1. The molecule has 4 aliphatic carbocycles. The molecule has 4 saturated carbocycles. The third-order valence-electron chi connectivity index (χ3n) is 6.45. The number of carbonyl (C=O) groups is 1. The Balaban J connectivity index is 1.65. The molecule has 1 atom stereocenters. The van der Waals surface area contributed by atoms with Crippen molar-refractivity contribution in [2.45, 2.75) is 64.3 Å². The van der Waals surface area contributed by atoms with Crippen LogP contribution in [0.4, 0.5) is 0 Å². The fraction of sp³-hybridized carbons (Fsp3) is 0.938. The predicted octanol–water partition coefficient (Wildman–Crippen LogP) is 3.21. The SMILES string of the molecule is CC(=O)N1CCC[C@@H]1C12CC3CC(CC(C3)C1)C2. The molecule has 0 aromatic carbocycles. The number of carbonyl (C=O) groups excluding carboxylic acids is 1. The number of amides is 1. The normalized spacial score (nSPS) is 49.9. The van der Waals surface area contributed by atoms with Gasteiger partial charge in [0.25, 0.3) is 0 Å². The second-order valence-corrected chi connectivity index (χ2v) is 7.65. The van der Waals surface area contributed by atoms with Crippen LogP contribution < -0.4 is 0 Å². The summed E-state index contributed by atoms with van der Waals surface area (Å²) in [4.78, 5) is 14.1. The van der Waals surface area contributed by atoms with E-state index in [1.165, 1.54) is 51.4 Å². The quantitative estimate of drug-likeness (QED) is 0.696. The molecule has 5 fully saturated rings. The molecular formula is C16H25NO. The van der Waals surface area contributed by atoms with Crippen molar-refractivity contribution in [2.75, 3.05) is 6.54 Å². The predicted molar refractivity (Wildman–Crippen MR) is 71.0 cm³/mol. The summed E-state index contributed by atoms with van der Waals surface area (Å²) in [6, 6.07) is 0.600. The van der Waals surface area contributed by atoms with Crippen molar-refractivity contribution in [3.05, 3.63) is 0 Å². The summed E-state index contributed by atoms with van der Waals surface area (Å²) in [7, 11) is 0. The smallest absolute Gasteiger partial charge is 0.219 e. The van der Waals surface area contributed by atoms with Gasteiger partial charge in [-0.05, 0) is 74.5 Å². The molecule has 4 bridgehead atoms. The van der Waals surface area contributed by atoms with Crippen LogP contribution in [0.1, 0.15) is 58.3 Å². The van der Waals surface area contributed by atoms with Crippen LogP contribution in [0.2, 0.25) is 0 Å². The highest BCUT2D eigenvalue weighted by atomic mass is 16.2.